The number of furan rings is 1. The summed E-state index contributed by atoms with van der Waals surface area (Å²) in [5, 5.41) is 3.27. The predicted octanol–water partition coefficient (Wildman–Crippen LogP) is 1.87. The summed E-state index contributed by atoms with van der Waals surface area (Å²) in [6, 6.07) is 0.514. The van der Waals surface area contributed by atoms with Gasteiger partial charge in [-0.05, 0) is 25.8 Å². The molecule has 0 bridgehead atoms. The topological polar surface area (TPSA) is 80.2 Å². The third-order valence-electron chi connectivity index (χ3n) is 4.83. The third-order valence-corrected chi connectivity index (χ3v) is 4.83. The standard InChI is InChI=1S/C15H21N5O/c1-17-10-6-20(7-10)14-13-12(18-15(16)19-14)11(8-21-13)9-4-2-3-5-9/h8-10,17H,2-7H2,1H3,(H2,16,18,19). The Morgan fingerprint density at radius 3 is 2.76 bits per heavy atom. The van der Waals surface area contributed by atoms with Crippen LogP contribution in [0.1, 0.15) is 37.2 Å². The van der Waals surface area contributed by atoms with Crippen LogP contribution in [0.2, 0.25) is 0 Å². The molecule has 1 saturated carbocycles. The Morgan fingerprint density at radius 1 is 1.29 bits per heavy atom. The highest BCUT2D eigenvalue weighted by molar-refractivity contribution is 5.88. The fraction of sp³-hybridized carbons (Fsp3) is 0.600. The first-order valence-electron chi connectivity index (χ1n) is 7.73. The van der Waals surface area contributed by atoms with Gasteiger partial charge in [-0.25, -0.2) is 4.98 Å². The minimum absolute atomic E-state index is 0.339. The number of rotatable bonds is 3. The van der Waals surface area contributed by atoms with Gasteiger partial charge in [-0.2, -0.15) is 4.98 Å². The van der Waals surface area contributed by atoms with E-state index in [1.54, 1.807) is 0 Å². The Morgan fingerprint density at radius 2 is 2.05 bits per heavy atom. The summed E-state index contributed by atoms with van der Waals surface area (Å²) in [5.74, 6) is 1.74. The van der Waals surface area contributed by atoms with Gasteiger partial charge < -0.3 is 20.4 Å². The molecule has 0 spiro atoms. The van der Waals surface area contributed by atoms with Crippen molar-refractivity contribution in [3.8, 4) is 0 Å². The third kappa shape index (κ3) is 2.05. The highest BCUT2D eigenvalue weighted by Gasteiger charge is 2.31. The maximum Gasteiger partial charge on any atom is 0.222 e. The van der Waals surface area contributed by atoms with Crippen molar-refractivity contribution in [1.29, 1.82) is 0 Å². The number of nitrogen functional groups attached to an aromatic ring is 1. The van der Waals surface area contributed by atoms with E-state index in [0.717, 1.165) is 30.0 Å². The number of aromatic nitrogens is 2. The molecule has 2 aliphatic rings. The van der Waals surface area contributed by atoms with E-state index < -0.39 is 0 Å². The molecule has 21 heavy (non-hydrogen) atoms. The van der Waals surface area contributed by atoms with E-state index in [2.05, 4.69) is 20.2 Å². The Kier molecular flexibility index (Phi) is 2.99. The molecule has 112 valence electrons. The lowest BCUT2D eigenvalue weighted by Gasteiger charge is -2.39. The lowest BCUT2D eigenvalue weighted by atomic mass is 9.99. The molecule has 3 N–H and O–H groups in total. The van der Waals surface area contributed by atoms with Crippen LogP contribution in [0.5, 0.6) is 0 Å². The molecular weight excluding hydrogens is 266 g/mol. The van der Waals surface area contributed by atoms with Crippen molar-refractivity contribution in [3.05, 3.63) is 11.8 Å². The molecule has 0 atom stereocenters. The van der Waals surface area contributed by atoms with E-state index in [9.17, 15) is 0 Å². The Labute approximate surface area is 123 Å². The molecular formula is C15H21N5O. The average molecular weight is 287 g/mol. The molecule has 2 aromatic heterocycles. The maximum atomic E-state index is 5.93. The van der Waals surface area contributed by atoms with Crippen molar-refractivity contribution in [2.75, 3.05) is 30.8 Å². The monoisotopic (exact) mass is 287 g/mol. The summed E-state index contributed by atoms with van der Waals surface area (Å²) in [4.78, 5) is 11.1. The largest absolute Gasteiger partial charge is 0.458 e. The Bertz CT molecular complexity index is 655. The lowest BCUT2D eigenvalue weighted by Crippen LogP contribution is -2.57. The van der Waals surface area contributed by atoms with Gasteiger partial charge in [0.25, 0.3) is 0 Å². The molecule has 1 aliphatic heterocycles. The summed E-state index contributed by atoms with van der Waals surface area (Å²) in [7, 11) is 1.98. The molecule has 1 saturated heterocycles. The van der Waals surface area contributed by atoms with E-state index in [1.807, 2.05) is 13.3 Å². The van der Waals surface area contributed by atoms with Crippen molar-refractivity contribution < 1.29 is 4.42 Å². The fourth-order valence-corrected chi connectivity index (χ4v) is 3.51. The summed E-state index contributed by atoms with van der Waals surface area (Å²) < 4.78 is 5.83. The van der Waals surface area contributed by atoms with Crippen molar-refractivity contribution in [3.63, 3.8) is 0 Å². The molecule has 4 rings (SSSR count). The first-order valence-corrected chi connectivity index (χ1v) is 7.73. The van der Waals surface area contributed by atoms with Crippen LogP contribution < -0.4 is 16.0 Å². The minimum Gasteiger partial charge on any atom is -0.458 e. The number of fused-ring (bicyclic) bond motifs is 1. The molecule has 6 nitrogen and oxygen atoms in total. The van der Waals surface area contributed by atoms with Crippen LogP contribution in [0.3, 0.4) is 0 Å². The maximum absolute atomic E-state index is 5.93. The number of nitrogens with zero attached hydrogens (tertiary/aromatic N) is 3. The zero-order valence-electron chi connectivity index (χ0n) is 12.3. The van der Waals surface area contributed by atoms with Crippen LogP contribution >= 0.6 is 0 Å². The minimum atomic E-state index is 0.339. The Balaban J connectivity index is 1.74. The number of hydrogen-bond donors (Lipinski definition) is 2. The van der Waals surface area contributed by atoms with Crippen molar-refractivity contribution in [1.82, 2.24) is 15.3 Å². The van der Waals surface area contributed by atoms with E-state index in [4.69, 9.17) is 10.2 Å². The summed E-state index contributed by atoms with van der Waals surface area (Å²) in [6.45, 7) is 1.86. The van der Waals surface area contributed by atoms with Crippen LogP contribution in [0.4, 0.5) is 11.8 Å². The predicted molar refractivity (Wildman–Crippen MR) is 82.5 cm³/mol. The normalized spacial score (nSPS) is 20.3. The number of anilines is 2. The molecule has 3 heterocycles. The van der Waals surface area contributed by atoms with Crippen LogP contribution in [0.15, 0.2) is 10.7 Å². The number of hydrogen-bond acceptors (Lipinski definition) is 6. The summed E-state index contributed by atoms with van der Waals surface area (Å²) in [6.07, 6.45) is 6.90. The van der Waals surface area contributed by atoms with Gasteiger partial charge in [0, 0.05) is 24.7 Å². The van der Waals surface area contributed by atoms with Crippen molar-refractivity contribution in [2.24, 2.45) is 0 Å². The van der Waals surface area contributed by atoms with Gasteiger partial charge >= 0.3 is 0 Å². The van der Waals surface area contributed by atoms with Gasteiger partial charge in [-0.1, -0.05) is 12.8 Å². The molecule has 1 aliphatic carbocycles. The fourth-order valence-electron chi connectivity index (χ4n) is 3.51. The number of nitrogens with one attached hydrogen (secondary N) is 1. The summed E-state index contributed by atoms with van der Waals surface area (Å²) >= 11 is 0. The van der Waals surface area contributed by atoms with Crippen LogP contribution in [0.25, 0.3) is 11.1 Å². The van der Waals surface area contributed by atoms with E-state index in [-0.39, 0.29) is 0 Å². The lowest BCUT2D eigenvalue weighted by molar-refractivity contribution is 0.446. The van der Waals surface area contributed by atoms with Gasteiger partial charge in [0.05, 0.1) is 6.26 Å². The van der Waals surface area contributed by atoms with E-state index >= 15 is 0 Å². The SMILES string of the molecule is CNC1CN(c2nc(N)nc3c(C4CCCC4)coc23)C1. The zero-order valence-corrected chi connectivity index (χ0v) is 12.3. The molecule has 2 fully saturated rings. The highest BCUT2D eigenvalue weighted by Crippen LogP contribution is 2.40. The van der Waals surface area contributed by atoms with Gasteiger partial charge in [0.15, 0.2) is 11.4 Å². The van der Waals surface area contributed by atoms with Crippen LogP contribution in [-0.2, 0) is 0 Å². The quantitative estimate of drug-likeness (QED) is 0.897. The summed E-state index contributed by atoms with van der Waals surface area (Å²) in [5.41, 5.74) is 8.85. The molecule has 2 aromatic rings. The second-order valence-electron chi connectivity index (χ2n) is 6.15. The van der Waals surface area contributed by atoms with Gasteiger partial charge in [0.2, 0.25) is 5.95 Å². The highest BCUT2D eigenvalue weighted by atomic mass is 16.3. The number of nitrogens with two attached hydrogens (primary N) is 1. The second kappa shape index (κ2) is 4.87. The van der Waals surface area contributed by atoms with Gasteiger partial charge in [-0.3, -0.25) is 0 Å². The van der Waals surface area contributed by atoms with Crippen molar-refractivity contribution in [2.45, 2.75) is 37.6 Å². The van der Waals surface area contributed by atoms with Gasteiger partial charge in [0.1, 0.15) is 5.52 Å². The molecule has 6 heteroatoms. The molecule has 0 aromatic carbocycles. The number of likely N-dealkylation sites (N-methyl/N-ethyl adjacent to an activating group) is 1. The average Bonchev–Trinajstić information content (AvgIpc) is 3.04. The zero-order chi connectivity index (χ0) is 14.4. The molecule has 0 unspecified atom stereocenters. The second-order valence-corrected chi connectivity index (χ2v) is 6.15. The van der Waals surface area contributed by atoms with E-state index in [1.165, 1.54) is 31.2 Å². The van der Waals surface area contributed by atoms with Crippen molar-refractivity contribution >= 4 is 22.9 Å². The van der Waals surface area contributed by atoms with E-state index in [0.29, 0.717) is 17.9 Å². The first-order chi connectivity index (χ1) is 10.3. The molecule has 0 radical (unpaired) electrons. The van der Waals surface area contributed by atoms with Gasteiger partial charge in [-0.15, -0.1) is 0 Å². The van der Waals surface area contributed by atoms with Crippen LogP contribution in [-0.4, -0.2) is 36.1 Å². The molecule has 0 amide bonds. The first kappa shape index (κ1) is 12.9. The van der Waals surface area contributed by atoms with Crippen LogP contribution in [0, 0.1) is 0 Å². The smallest absolute Gasteiger partial charge is 0.222 e. The Hall–Kier alpha value is -1.82.